The average Bonchev–Trinajstić information content (AvgIpc) is 2.98. The van der Waals surface area contributed by atoms with Crippen LogP contribution in [0.5, 0.6) is 11.5 Å². The van der Waals surface area contributed by atoms with Crippen LogP contribution in [0.2, 0.25) is 0 Å². The van der Waals surface area contributed by atoms with Gasteiger partial charge in [0.25, 0.3) is 5.91 Å². The summed E-state index contributed by atoms with van der Waals surface area (Å²) in [5.41, 5.74) is -1.05. The van der Waals surface area contributed by atoms with E-state index in [1.807, 2.05) is 12.1 Å². The second kappa shape index (κ2) is 6.55. The molecule has 1 N–H and O–H groups in total. The maximum atomic E-state index is 12.7. The van der Waals surface area contributed by atoms with Crippen molar-refractivity contribution in [3.05, 3.63) is 36.3 Å². The number of hydrogen-bond acceptors (Lipinski definition) is 4. The number of hydrogen-bond donors (Lipinski definition) is 1. The molecule has 0 radical (unpaired) electrons. The number of ether oxygens (including phenoxy) is 2. The number of fused-ring (bicyclic) bond motifs is 1. The Morgan fingerprint density at radius 2 is 2.00 bits per heavy atom. The quantitative estimate of drug-likeness (QED) is 0.916. The summed E-state index contributed by atoms with van der Waals surface area (Å²) >= 11 is 0. The largest absolute Gasteiger partial charge is 0.493 e. The highest BCUT2D eigenvalue weighted by atomic mass is 16.5. The number of imidazole rings is 1. The van der Waals surface area contributed by atoms with Gasteiger partial charge in [-0.25, -0.2) is 4.98 Å². The van der Waals surface area contributed by atoms with Crippen LogP contribution in [-0.2, 0) is 17.8 Å². The number of anilines is 1. The molecule has 2 heterocycles. The number of carbonyl (C=O) groups excluding carboxylic acids is 1. The van der Waals surface area contributed by atoms with Crippen molar-refractivity contribution in [3.8, 4) is 11.5 Å². The van der Waals surface area contributed by atoms with Gasteiger partial charge < -0.3 is 19.4 Å². The Bertz CT molecular complexity index is 737. The van der Waals surface area contributed by atoms with Crippen molar-refractivity contribution in [1.82, 2.24) is 9.55 Å². The fourth-order valence-corrected chi connectivity index (χ4v) is 2.81. The fraction of sp³-hybridized carbons (Fsp3) is 0.444. The molecule has 1 aliphatic heterocycles. The molecule has 0 aliphatic carbocycles. The molecule has 3 rings (SSSR count). The Kier molecular flexibility index (Phi) is 4.46. The standard InChI is InChI=1S/C18H23N3O3/c1-18(2,24-14-9-5-4-8-13(14)23-3)17(22)20-16-12-19-15-10-6-7-11-21(15)16/h4-5,8-9,12H,6-7,10-11H2,1-3H3,(H,20,22). The van der Waals surface area contributed by atoms with Gasteiger partial charge in [0.05, 0.1) is 13.3 Å². The molecule has 6 heteroatoms. The highest BCUT2D eigenvalue weighted by Gasteiger charge is 2.32. The Labute approximate surface area is 141 Å². The van der Waals surface area contributed by atoms with E-state index < -0.39 is 5.60 Å². The molecule has 0 unspecified atom stereocenters. The predicted octanol–water partition coefficient (Wildman–Crippen LogP) is 3.02. The van der Waals surface area contributed by atoms with Crippen LogP contribution in [0.15, 0.2) is 30.5 Å². The van der Waals surface area contributed by atoms with Crippen LogP contribution in [0.3, 0.4) is 0 Å². The molecule has 2 aromatic rings. The molecular formula is C18H23N3O3. The molecule has 6 nitrogen and oxygen atoms in total. The lowest BCUT2D eigenvalue weighted by Crippen LogP contribution is -2.43. The van der Waals surface area contributed by atoms with Crippen molar-refractivity contribution >= 4 is 11.7 Å². The van der Waals surface area contributed by atoms with E-state index >= 15 is 0 Å². The first kappa shape index (κ1) is 16.4. The summed E-state index contributed by atoms with van der Waals surface area (Å²) in [6.07, 6.45) is 4.93. The number of carbonyl (C=O) groups is 1. The molecule has 1 aromatic carbocycles. The predicted molar refractivity (Wildman–Crippen MR) is 91.5 cm³/mol. The Morgan fingerprint density at radius 1 is 1.25 bits per heavy atom. The molecule has 0 atom stereocenters. The van der Waals surface area contributed by atoms with Crippen molar-refractivity contribution in [2.24, 2.45) is 0 Å². The van der Waals surface area contributed by atoms with Gasteiger partial charge in [0, 0.05) is 13.0 Å². The first-order chi connectivity index (χ1) is 11.5. The van der Waals surface area contributed by atoms with E-state index in [-0.39, 0.29) is 5.91 Å². The lowest BCUT2D eigenvalue weighted by Gasteiger charge is -2.26. The number of methoxy groups -OCH3 is 1. The van der Waals surface area contributed by atoms with E-state index in [2.05, 4.69) is 14.9 Å². The molecule has 0 spiro atoms. The molecular weight excluding hydrogens is 306 g/mol. The van der Waals surface area contributed by atoms with Crippen molar-refractivity contribution in [2.75, 3.05) is 12.4 Å². The second-order valence-corrected chi connectivity index (χ2v) is 6.39. The number of aryl methyl sites for hydroxylation is 1. The average molecular weight is 329 g/mol. The minimum absolute atomic E-state index is 0.221. The molecule has 128 valence electrons. The SMILES string of the molecule is COc1ccccc1OC(C)(C)C(=O)Nc1cnc2n1CCCC2. The number of para-hydroxylation sites is 2. The van der Waals surface area contributed by atoms with Crippen LogP contribution in [0.1, 0.15) is 32.5 Å². The fourth-order valence-electron chi connectivity index (χ4n) is 2.81. The number of benzene rings is 1. The van der Waals surface area contributed by atoms with Gasteiger partial charge in [0.2, 0.25) is 0 Å². The third kappa shape index (κ3) is 3.22. The second-order valence-electron chi connectivity index (χ2n) is 6.39. The van der Waals surface area contributed by atoms with E-state index in [4.69, 9.17) is 9.47 Å². The van der Waals surface area contributed by atoms with E-state index in [1.54, 1.807) is 39.3 Å². The molecule has 0 saturated carbocycles. The van der Waals surface area contributed by atoms with Gasteiger partial charge in [-0.1, -0.05) is 12.1 Å². The van der Waals surface area contributed by atoms with Crippen molar-refractivity contribution in [1.29, 1.82) is 0 Å². The third-order valence-corrected chi connectivity index (χ3v) is 4.19. The lowest BCUT2D eigenvalue weighted by atomic mass is 10.1. The van der Waals surface area contributed by atoms with E-state index in [0.717, 1.165) is 37.4 Å². The summed E-state index contributed by atoms with van der Waals surface area (Å²) in [4.78, 5) is 17.1. The number of aromatic nitrogens is 2. The topological polar surface area (TPSA) is 65.4 Å². The molecule has 24 heavy (non-hydrogen) atoms. The zero-order chi connectivity index (χ0) is 17.2. The molecule has 0 saturated heterocycles. The maximum Gasteiger partial charge on any atom is 0.269 e. The van der Waals surface area contributed by atoms with Crippen molar-refractivity contribution < 1.29 is 14.3 Å². The van der Waals surface area contributed by atoms with E-state index in [0.29, 0.717) is 11.5 Å². The Morgan fingerprint density at radius 3 is 2.75 bits per heavy atom. The Balaban J connectivity index is 1.75. The zero-order valence-corrected chi connectivity index (χ0v) is 14.3. The van der Waals surface area contributed by atoms with Gasteiger partial charge in [-0.05, 0) is 38.8 Å². The minimum Gasteiger partial charge on any atom is -0.493 e. The normalized spacial score (nSPS) is 14.0. The number of amides is 1. The van der Waals surface area contributed by atoms with Crippen LogP contribution >= 0.6 is 0 Å². The molecule has 1 amide bonds. The smallest absolute Gasteiger partial charge is 0.269 e. The summed E-state index contributed by atoms with van der Waals surface area (Å²) in [6.45, 7) is 4.36. The number of nitrogens with zero attached hydrogens (tertiary/aromatic N) is 2. The summed E-state index contributed by atoms with van der Waals surface area (Å²) in [5.74, 6) is 2.67. The molecule has 1 aromatic heterocycles. The molecule has 1 aliphatic rings. The van der Waals surface area contributed by atoms with Gasteiger partial charge in [-0.15, -0.1) is 0 Å². The molecule has 0 bridgehead atoms. The zero-order valence-electron chi connectivity index (χ0n) is 14.3. The molecule has 0 fully saturated rings. The first-order valence-corrected chi connectivity index (χ1v) is 8.19. The Hall–Kier alpha value is -2.50. The summed E-state index contributed by atoms with van der Waals surface area (Å²) in [7, 11) is 1.58. The highest BCUT2D eigenvalue weighted by molar-refractivity contribution is 5.96. The summed E-state index contributed by atoms with van der Waals surface area (Å²) < 4.78 is 13.3. The van der Waals surface area contributed by atoms with Crippen molar-refractivity contribution in [2.45, 2.75) is 45.3 Å². The summed E-state index contributed by atoms with van der Waals surface area (Å²) in [6, 6.07) is 7.29. The van der Waals surface area contributed by atoms with Crippen LogP contribution in [0.25, 0.3) is 0 Å². The van der Waals surface area contributed by atoms with Gasteiger partial charge >= 0.3 is 0 Å². The first-order valence-electron chi connectivity index (χ1n) is 8.19. The third-order valence-electron chi connectivity index (χ3n) is 4.19. The van der Waals surface area contributed by atoms with Gasteiger partial charge in [-0.3, -0.25) is 4.79 Å². The monoisotopic (exact) mass is 329 g/mol. The van der Waals surface area contributed by atoms with Crippen LogP contribution in [-0.4, -0.2) is 28.2 Å². The van der Waals surface area contributed by atoms with E-state index in [9.17, 15) is 4.79 Å². The minimum atomic E-state index is -1.05. The maximum absolute atomic E-state index is 12.7. The summed E-state index contributed by atoms with van der Waals surface area (Å²) in [5, 5.41) is 2.94. The van der Waals surface area contributed by atoms with E-state index in [1.165, 1.54) is 0 Å². The van der Waals surface area contributed by atoms with Crippen LogP contribution in [0, 0.1) is 0 Å². The van der Waals surface area contributed by atoms with Crippen LogP contribution < -0.4 is 14.8 Å². The van der Waals surface area contributed by atoms with Crippen molar-refractivity contribution in [3.63, 3.8) is 0 Å². The van der Waals surface area contributed by atoms with Crippen LogP contribution in [0.4, 0.5) is 5.82 Å². The van der Waals surface area contributed by atoms with Gasteiger partial charge in [0.15, 0.2) is 17.1 Å². The number of nitrogens with one attached hydrogen (secondary N) is 1. The van der Waals surface area contributed by atoms with Gasteiger partial charge in [-0.2, -0.15) is 0 Å². The highest BCUT2D eigenvalue weighted by Crippen LogP contribution is 2.30. The lowest BCUT2D eigenvalue weighted by molar-refractivity contribution is -0.128. The number of rotatable bonds is 5. The van der Waals surface area contributed by atoms with Gasteiger partial charge in [0.1, 0.15) is 11.6 Å².